The van der Waals surface area contributed by atoms with Crippen molar-refractivity contribution in [2.45, 2.75) is 12.3 Å². The molecule has 4 nitrogen and oxygen atoms in total. The Labute approximate surface area is 129 Å². The molecule has 0 saturated carbocycles. The molecular weight excluding hydrogens is 278 g/mol. The fraction of sp³-hybridized carbons (Fsp3) is 0.222. The van der Waals surface area contributed by atoms with Crippen LogP contribution in [0, 0.1) is 5.92 Å². The lowest BCUT2D eigenvalue weighted by Gasteiger charge is -2.25. The molecule has 0 radical (unpaired) electrons. The van der Waals surface area contributed by atoms with Crippen LogP contribution in [0.1, 0.15) is 28.3 Å². The molecule has 22 heavy (non-hydrogen) atoms. The van der Waals surface area contributed by atoms with E-state index in [9.17, 15) is 14.7 Å². The summed E-state index contributed by atoms with van der Waals surface area (Å²) in [7, 11) is 0. The van der Waals surface area contributed by atoms with Crippen molar-refractivity contribution in [3.05, 3.63) is 71.8 Å². The van der Waals surface area contributed by atoms with E-state index in [0.717, 1.165) is 5.56 Å². The average molecular weight is 297 g/mol. The van der Waals surface area contributed by atoms with Gasteiger partial charge in [0.15, 0.2) is 5.78 Å². The summed E-state index contributed by atoms with van der Waals surface area (Å²) in [6.45, 7) is 0.184. The Kier molecular flexibility index (Phi) is 5.44. The lowest BCUT2D eigenvalue weighted by molar-refractivity contribution is -0.388. The number of hydrogen-bond acceptors (Lipinski definition) is 3. The van der Waals surface area contributed by atoms with Gasteiger partial charge in [0.25, 0.3) is 0 Å². The smallest absolute Gasteiger partial charge is 0.163 e. The maximum Gasteiger partial charge on any atom is 0.163 e. The highest BCUT2D eigenvalue weighted by molar-refractivity contribution is 5.96. The van der Waals surface area contributed by atoms with Crippen LogP contribution in [0.4, 0.5) is 0 Å². The van der Waals surface area contributed by atoms with E-state index in [1.807, 2.05) is 36.4 Å². The summed E-state index contributed by atoms with van der Waals surface area (Å²) in [6.07, 6.45) is 0.127. The maximum absolute atomic E-state index is 12.4. The van der Waals surface area contributed by atoms with Crippen molar-refractivity contribution >= 4 is 11.8 Å². The predicted molar refractivity (Wildman–Crippen MR) is 80.8 cm³/mol. The quantitative estimate of drug-likeness (QED) is 0.762. The Hall–Kier alpha value is -2.46. The van der Waals surface area contributed by atoms with Crippen LogP contribution in [0.2, 0.25) is 0 Å². The van der Waals surface area contributed by atoms with Gasteiger partial charge < -0.3 is 15.6 Å². The van der Waals surface area contributed by atoms with Gasteiger partial charge in [-0.3, -0.25) is 4.79 Å². The Morgan fingerprint density at radius 3 is 2.00 bits per heavy atom. The Bertz CT molecular complexity index is 625. The van der Waals surface area contributed by atoms with Crippen LogP contribution >= 0.6 is 0 Å². The van der Waals surface area contributed by atoms with Gasteiger partial charge in [0.05, 0.1) is 18.4 Å². The lowest BCUT2D eigenvalue weighted by atomic mass is 9.81. The highest BCUT2D eigenvalue weighted by atomic mass is 16.4. The van der Waals surface area contributed by atoms with E-state index in [0.29, 0.717) is 5.56 Å². The van der Waals surface area contributed by atoms with E-state index in [4.69, 9.17) is 0 Å². The first-order valence-corrected chi connectivity index (χ1v) is 7.26. The van der Waals surface area contributed by atoms with Crippen molar-refractivity contribution in [3.63, 3.8) is 0 Å². The van der Waals surface area contributed by atoms with E-state index < -0.39 is 17.8 Å². The summed E-state index contributed by atoms with van der Waals surface area (Å²) in [5.41, 5.74) is 5.11. The third kappa shape index (κ3) is 3.80. The van der Waals surface area contributed by atoms with Gasteiger partial charge in [-0.15, -0.1) is 0 Å². The number of ketones is 1. The topological polar surface area (TPSA) is 84.8 Å². The zero-order valence-electron chi connectivity index (χ0n) is 12.3. The van der Waals surface area contributed by atoms with Crippen molar-refractivity contribution in [2.75, 3.05) is 6.54 Å². The number of quaternary nitrogens is 1. The standard InChI is InChI=1S/C18H19NO3/c19-12-16(18(21)22)15(13-7-3-1-4-8-13)11-17(20)14-9-5-2-6-10-14/h1-10,15-16H,11-12,19H2,(H,21,22)/t15-,16+/m0/s1. The summed E-state index contributed by atoms with van der Waals surface area (Å²) in [5.74, 6) is -2.45. The van der Waals surface area contributed by atoms with Gasteiger partial charge in [-0.25, -0.2) is 0 Å². The van der Waals surface area contributed by atoms with E-state index >= 15 is 0 Å². The molecule has 2 rings (SSSR count). The second kappa shape index (κ2) is 7.52. The van der Waals surface area contributed by atoms with E-state index in [2.05, 4.69) is 5.73 Å². The van der Waals surface area contributed by atoms with Crippen molar-refractivity contribution < 1.29 is 20.4 Å². The third-order valence-corrected chi connectivity index (χ3v) is 3.83. The van der Waals surface area contributed by atoms with Crippen LogP contribution in [0.15, 0.2) is 60.7 Å². The van der Waals surface area contributed by atoms with Crippen molar-refractivity contribution in [1.82, 2.24) is 0 Å². The second-order valence-corrected chi connectivity index (χ2v) is 5.22. The molecular formula is C18H19NO3. The molecule has 0 aliphatic carbocycles. The number of carbonyl (C=O) groups is 2. The largest absolute Gasteiger partial charge is 0.550 e. The fourth-order valence-electron chi connectivity index (χ4n) is 2.62. The molecule has 0 bridgehead atoms. The molecule has 0 heterocycles. The highest BCUT2D eigenvalue weighted by Gasteiger charge is 2.27. The number of rotatable bonds is 7. The number of carboxylic acid groups (broad SMARTS) is 1. The van der Waals surface area contributed by atoms with Crippen LogP contribution in [-0.4, -0.2) is 18.3 Å². The molecule has 2 aromatic rings. The van der Waals surface area contributed by atoms with Gasteiger partial charge in [-0.2, -0.15) is 0 Å². The molecule has 2 atom stereocenters. The number of carboxylic acids is 1. The second-order valence-electron chi connectivity index (χ2n) is 5.22. The van der Waals surface area contributed by atoms with E-state index in [-0.39, 0.29) is 18.7 Å². The van der Waals surface area contributed by atoms with Gasteiger partial charge in [-0.05, 0) is 5.56 Å². The van der Waals surface area contributed by atoms with Gasteiger partial charge in [-0.1, -0.05) is 60.7 Å². The molecule has 0 unspecified atom stereocenters. The maximum atomic E-state index is 12.4. The van der Waals surface area contributed by atoms with Crippen LogP contribution < -0.4 is 10.8 Å². The fourth-order valence-corrected chi connectivity index (χ4v) is 2.62. The molecule has 0 aromatic heterocycles. The first-order valence-electron chi connectivity index (χ1n) is 7.26. The molecule has 0 fully saturated rings. The number of Topliss-reactive ketones (excluding diaryl/α,β-unsaturated/α-hetero) is 1. The van der Waals surface area contributed by atoms with Gasteiger partial charge in [0.2, 0.25) is 0 Å². The summed E-state index contributed by atoms with van der Waals surface area (Å²) >= 11 is 0. The summed E-state index contributed by atoms with van der Waals surface area (Å²) in [5, 5.41) is 11.4. The molecule has 114 valence electrons. The number of aliphatic carboxylic acids is 1. The minimum Gasteiger partial charge on any atom is -0.550 e. The summed E-state index contributed by atoms with van der Waals surface area (Å²) in [6, 6.07) is 18.1. The zero-order chi connectivity index (χ0) is 15.9. The Balaban J connectivity index is 2.29. The van der Waals surface area contributed by atoms with Crippen LogP contribution in [0.25, 0.3) is 0 Å². The predicted octanol–water partition coefficient (Wildman–Crippen LogP) is 0.651. The first kappa shape index (κ1) is 15.9. The van der Waals surface area contributed by atoms with Gasteiger partial charge in [0.1, 0.15) is 0 Å². The van der Waals surface area contributed by atoms with E-state index in [1.54, 1.807) is 24.3 Å². The van der Waals surface area contributed by atoms with Gasteiger partial charge in [0, 0.05) is 17.9 Å². The molecule has 0 spiro atoms. The normalized spacial score (nSPS) is 13.3. The number of hydrogen-bond donors (Lipinski definition) is 1. The lowest BCUT2D eigenvalue weighted by Crippen LogP contribution is -2.58. The molecule has 4 heteroatoms. The minimum absolute atomic E-state index is 0.0749. The molecule has 0 aliphatic rings. The van der Waals surface area contributed by atoms with Crippen molar-refractivity contribution in [3.8, 4) is 0 Å². The van der Waals surface area contributed by atoms with Crippen molar-refractivity contribution in [1.29, 1.82) is 0 Å². The summed E-state index contributed by atoms with van der Waals surface area (Å²) in [4.78, 5) is 23.8. The number of benzene rings is 2. The molecule has 2 aromatic carbocycles. The summed E-state index contributed by atoms with van der Waals surface area (Å²) < 4.78 is 0. The van der Waals surface area contributed by atoms with Crippen LogP contribution in [0.5, 0.6) is 0 Å². The molecule has 3 N–H and O–H groups in total. The number of carbonyl (C=O) groups excluding carboxylic acids is 2. The van der Waals surface area contributed by atoms with Crippen LogP contribution in [-0.2, 0) is 4.79 Å². The van der Waals surface area contributed by atoms with Crippen LogP contribution in [0.3, 0.4) is 0 Å². The molecule has 0 aliphatic heterocycles. The first-order chi connectivity index (χ1) is 10.6. The Morgan fingerprint density at radius 2 is 1.50 bits per heavy atom. The minimum atomic E-state index is -1.16. The van der Waals surface area contributed by atoms with Gasteiger partial charge >= 0.3 is 0 Å². The zero-order valence-corrected chi connectivity index (χ0v) is 12.3. The Morgan fingerprint density at radius 1 is 0.955 bits per heavy atom. The van der Waals surface area contributed by atoms with E-state index in [1.165, 1.54) is 0 Å². The average Bonchev–Trinajstić information content (AvgIpc) is 2.55. The monoisotopic (exact) mass is 297 g/mol. The van der Waals surface area contributed by atoms with Crippen molar-refractivity contribution in [2.24, 2.45) is 5.92 Å². The molecule has 0 amide bonds. The highest BCUT2D eigenvalue weighted by Crippen LogP contribution is 2.29. The third-order valence-electron chi connectivity index (χ3n) is 3.83. The molecule has 0 saturated heterocycles. The SMILES string of the molecule is [NH3+]C[C@@H](C(=O)[O-])[C@@H](CC(=O)c1ccccc1)c1ccccc1.